The van der Waals surface area contributed by atoms with Gasteiger partial charge in [0.05, 0.1) is 5.75 Å². The smallest absolute Gasteiger partial charge is 0.338 e. The monoisotopic (exact) mass is 371 g/mol. The van der Waals surface area contributed by atoms with Gasteiger partial charge in [0.15, 0.2) is 5.16 Å². The first-order valence-corrected chi connectivity index (χ1v) is 9.63. The van der Waals surface area contributed by atoms with Gasteiger partial charge in [0.25, 0.3) is 0 Å². The first-order chi connectivity index (χ1) is 12.4. The lowest BCUT2D eigenvalue weighted by atomic mass is 9.87. The van der Waals surface area contributed by atoms with Crippen molar-refractivity contribution in [3.05, 3.63) is 46.2 Å². The average Bonchev–Trinajstić information content (AvgIpc) is 3.20. The van der Waals surface area contributed by atoms with Crippen LogP contribution in [0, 0.1) is 0 Å². The highest BCUT2D eigenvalue weighted by Gasteiger charge is 2.28. The van der Waals surface area contributed by atoms with E-state index in [1.807, 2.05) is 12.1 Å². The number of rotatable bonds is 5. The number of hydrogen-bond acceptors (Lipinski definition) is 6. The SMILES string of the molecule is CC(C)(C)c1ccc(-c2noc(CSc3n[nH]c(=O)n3C3CC3)n2)cc1. The van der Waals surface area contributed by atoms with Crippen LogP contribution in [0.2, 0.25) is 0 Å². The van der Waals surface area contributed by atoms with Gasteiger partial charge in [-0.25, -0.2) is 9.89 Å². The molecule has 0 atom stereocenters. The second-order valence-electron chi connectivity index (χ2n) is 7.54. The molecule has 8 heteroatoms. The molecule has 1 aliphatic rings. The summed E-state index contributed by atoms with van der Waals surface area (Å²) in [7, 11) is 0. The largest absolute Gasteiger partial charge is 0.344 e. The van der Waals surface area contributed by atoms with Gasteiger partial charge in [-0.1, -0.05) is 62.0 Å². The fraction of sp³-hybridized carbons (Fsp3) is 0.444. The van der Waals surface area contributed by atoms with E-state index < -0.39 is 0 Å². The number of thioether (sulfide) groups is 1. The van der Waals surface area contributed by atoms with E-state index in [0.29, 0.717) is 22.6 Å². The van der Waals surface area contributed by atoms with Crippen LogP contribution >= 0.6 is 11.8 Å². The summed E-state index contributed by atoms with van der Waals surface area (Å²) in [6, 6.07) is 8.50. The summed E-state index contributed by atoms with van der Waals surface area (Å²) in [4.78, 5) is 16.3. The zero-order valence-corrected chi connectivity index (χ0v) is 15.8. The minimum Gasteiger partial charge on any atom is -0.338 e. The average molecular weight is 371 g/mol. The molecule has 0 unspecified atom stereocenters. The van der Waals surface area contributed by atoms with Crippen molar-refractivity contribution in [2.45, 2.75) is 56.0 Å². The number of nitrogens with zero attached hydrogens (tertiary/aromatic N) is 4. The first kappa shape index (κ1) is 17.1. The minimum atomic E-state index is -0.153. The van der Waals surface area contributed by atoms with Crippen LogP contribution in [0.5, 0.6) is 0 Å². The number of H-pyrrole nitrogens is 1. The van der Waals surface area contributed by atoms with Crippen LogP contribution in [0.4, 0.5) is 0 Å². The number of hydrogen-bond donors (Lipinski definition) is 1. The molecule has 1 aromatic carbocycles. The van der Waals surface area contributed by atoms with Crippen LogP contribution in [0.25, 0.3) is 11.4 Å². The van der Waals surface area contributed by atoms with Gasteiger partial charge in [0.2, 0.25) is 11.7 Å². The van der Waals surface area contributed by atoms with E-state index in [9.17, 15) is 4.79 Å². The zero-order valence-electron chi connectivity index (χ0n) is 15.0. The molecule has 26 heavy (non-hydrogen) atoms. The normalized spacial score (nSPS) is 14.7. The second kappa shape index (κ2) is 6.42. The van der Waals surface area contributed by atoms with Gasteiger partial charge < -0.3 is 4.52 Å². The Morgan fingerprint density at radius 3 is 2.65 bits per heavy atom. The summed E-state index contributed by atoms with van der Waals surface area (Å²) in [6.07, 6.45) is 2.06. The fourth-order valence-electron chi connectivity index (χ4n) is 2.72. The summed E-state index contributed by atoms with van der Waals surface area (Å²) in [5, 5.41) is 11.3. The maximum atomic E-state index is 11.8. The number of aromatic amines is 1. The lowest BCUT2D eigenvalue weighted by Gasteiger charge is -2.18. The number of nitrogens with one attached hydrogen (secondary N) is 1. The third-order valence-corrected chi connectivity index (χ3v) is 5.32. The Bertz CT molecular complexity index is 961. The van der Waals surface area contributed by atoms with Crippen LogP contribution in [0.1, 0.15) is 51.1 Å². The summed E-state index contributed by atoms with van der Waals surface area (Å²) in [6.45, 7) is 6.55. The number of aromatic nitrogens is 5. The highest BCUT2D eigenvalue weighted by molar-refractivity contribution is 7.98. The molecule has 1 saturated carbocycles. The van der Waals surface area contributed by atoms with Gasteiger partial charge >= 0.3 is 5.69 Å². The third kappa shape index (κ3) is 3.46. The summed E-state index contributed by atoms with van der Waals surface area (Å²) < 4.78 is 7.07. The fourth-order valence-corrected chi connectivity index (χ4v) is 3.57. The molecule has 1 fully saturated rings. The second-order valence-corrected chi connectivity index (χ2v) is 8.48. The van der Waals surface area contributed by atoms with Crippen LogP contribution < -0.4 is 5.69 Å². The van der Waals surface area contributed by atoms with Crippen molar-refractivity contribution >= 4 is 11.8 Å². The van der Waals surface area contributed by atoms with E-state index in [0.717, 1.165) is 18.4 Å². The Kier molecular flexibility index (Phi) is 4.22. The first-order valence-electron chi connectivity index (χ1n) is 8.65. The lowest BCUT2D eigenvalue weighted by molar-refractivity contribution is 0.391. The van der Waals surface area contributed by atoms with E-state index in [1.54, 1.807) is 4.57 Å². The molecule has 4 rings (SSSR count). The van der Waals surface area contributed by atoms with E-state index >= 15 is 0 Å². The Morgan fingerprint density at radius 2 is 2.00 bits per heavy atom. The molecule has 2 heterocycles. The maximum Gasteiger partial charge on any atom is 0.344 e. The van der Waals surface area contributed by atoms with Gasteiger partial charge in [0.1, 0.15) is 0 Å². The van der Waals surface area contributed by atoms with E-state index in [1.165, 1.54) is 17.3 Å². The topological polar surface area (TPSA) is 89.6 Å². The van der Waals surface area contributed by atoms with Crippen LogP contribution in [-0.2, 0) is 11.2 Å². The molecular formula is C18H21N5O2S. The van der Waals surface area contributed by atoms with Crippen molar-refractivity contribution in [1.29, 1.82) is 0 Å². The van der Waals surface area contributed by atoms with Gasteiger partial charge in [-0.05, 0) is 23.8 Å². The highest BCUT2D eigenvalue weighted by Crippen LogP contribution is 2.36. The van der Waals surface area contributed by atoms with Crippen molar-refractivity contribution < 1.29 is 4.52 Å². The van der Waals surface area contributed by atoms with Crippen LogP contribution in [-0.4, -0.2) is 24.9 Å². The Labute approximate surface area is 155 Å². The molecule has 136 valence electrons. The minimum absolute atomic E-state index is 0.110. The molecule has 0 bridgehead atoms. The molecule has 0 saturated heterocycles. The molecule has 3 aromatic rings. The van der Waals surface area contributed by atoms with Gasteiger partial charge in [0, 0.05) is 11.6 Å². The Balaban J connectivity index is 1.46. The van der Waals surface area contributed by atoms with Gasteiger partial charge in [-0.2, -0.15) is 4.98 Å². The summed E-state index contributed by atoms with van der Waals surface area (Å²) in [5.74, 6) is 1.56. The Hall–Kier alpha value is -2.35. The van der Waals surface area contributed by atoms with Crippen molar-refractivity contribution in [3.8, 4) is 11.4 Å². The standard InChI is InChI=1S/C18H21N5O2S/c1-18(2,3)12-6-4-11(5-7-12)15-19-14(25-22-15)10-26-17-21-20-16(24)23(17)13-8-9-13/h4-7,13H,8-10H2,1-3H3,(H,20,24). The van der Waals surface area contributed by atoms with Crippen molar-refractivity contribution in [2.75, 3.05) is 0 Å². The van der Waals surface area contributed by atoms with Crippen LogP contribution in [0.3, 0.4) is 0 Å². The molecule has 7 nitrogen and oxygen atoms in total. The van der Waals surface area contributed by atoms with Crippen LogP contribution in [0.15, 0.2) is 38.7 Å². The van der Waals surface area contributed by atoms with E-state index in [2.05, 4.69) is 53.2 Å². The van der Waals surface area contributed by atoms with Crippen molar-refractivity contribution in [2.24, 2.45) is 0 Å². The predicted molar refractivity (Wildman–Crippen MR) is 99.1 cm³/mol. The predicted octanol–water partition coefficient (Wildman–Crippen LogP) is 3.55. The van der Waals surface area contributed by atoms with Gasteiger partial charge in [-0.3, -0.25) is 4.57 Å². The van der Waals surface area contributed by atoms with E-state index in [-0.39, 0.29) is 17.1 Å². The Morgan fingerprint density at radius 1 is 1.27 bits per heavy atom. The van der Waals surface area contributed by atoms with Gasteiger partial charge in [-0.15, -0.1) is 5.10 Å². The summed E-state index contributed by atoms with van der Waals surface area (Å²) in [5.41, 5.74) is 2.14. The molecule has 2 aromatic heterocycles. The van der Waals surface area contributed by atoms with Crippen molar-refractivity contribution in [1.82, 2.24) is 24.9 Å². The molecular weight excluding hydrogens is 350 g/mol. The lowest BCUT2D eigenvalue weighted by Crippen LogP contribution is -2.16. The third-order valence-electron chi connectivity index (χ3n) is 4.39. The number of benzene rings is 1. The van der Waals surface area contributed by atoms with E-state index in [4.69, 9.17) is 4.52 Å². The molecule has 0 spiro atoms. The molecule has 1 N–H and O–H groups in total. The molecule has 1 aliphatic carbocycles. The zero-order chi connectivity index (χ0) is 18.3. The summed E-state index contributed by atoms with van der Waals surface area (Å²) >= 11 is 1.43. The molecule has 0 amide bonds. The van der Waals surface area contributed by atoms with Crippen molar-refractivity contribution in [3.63, 3.8) is 0 Å². The molecule has 0 radical (unpaired) electrons. The molecule has 0 aliphatic heterocycles. The highest BCUT2D eigenvalue weighted by atomic mass is 32.2. The quantitative estimate of drug-likeness (QED) is 0.690. The maximum absolute atomic E-state index is 11.8.